The van der Waals surface area contributed by atoms with Gasteiger partial charge in [0.15, 0.2) is 11.5 Å². The molecule has 144 valence electrons. The summed E-state index contributed by atoms with van der Waals surface area (Å²) in [5, 5.41) is 9.81. The fourth-order valence-electron chi connectivity index (χ4n) is 4.58. The third kappa shape index (κ3) is 3.00. The number of nitrogens with zero attached hydrogens (tertiary/aromatic N) is 1. The van der Waals surface area contributed by atoms with Gasteiger partial charge in [-0.2, -0.15) is 5.26 Å². The number of allylic oxidation sites excluding steroid dienone is 3. The maximum atomic E-state index is 9.81. The van der Waals surface area contributed by atoms with E-state index in [0.717, 1.165) is 65.2 Å². The maximum Gasteiger partial charge on any atom is 0.168 e. The molecule has 0 N–H and O–H groups in total. The normalized spacial score (nSPS) is 21.3. The molecule has 4 heteroatoms. The SMILES string of the molecule is COc1c2c(c(OC)c(C(C)C)c1OC)C=CC1=C(CCC[C@]1(C)C#N)C2. The second-order valence-electron chi connectivity index (χ2n) is 7.89. The van der Waals surface area contributed by atoms with Crippen molar-refractivity contribution in [3.05, 3.63) is 33.9 Å². The van der Waals surface area contributed by atoms with Crippen molar-refractivity contribution >= 4 is 6.08 Å². The van der Waals surface area contributed by atoms with Gasteiger partial charge in [0.2, 0.25) is 0 Å². The van der Waals surface area contributed by atoms with Crippen LogP contribution in [0.5, 0.6) is 17.2 Å². The Morgan fingerprint density at radius 1 is 1.04 bits per heavy atom. The fourth-order valence-corrected chi connectivity index (χ4v) is 4.58. The van der Waals surface area contributed by atoms with E-state index in [-0.39, 0.29) is 5.92 Å². The van der Waals surface area contributed by atoms with Crippen molar-refractivity contribution < 1.29 is 14.2 Å². The van der Waals surface area contributed by atoms with Gasteiger partial charge in [-0.3, -0.25) is 0 Å². The van der Waals surface area contributed by atoms with E-state index in [1.54, 1.807) is 21.3 Å². The number of hydrogen-bond donors (Lipinski definition) is 0. The van der Waals surface area contributed by atoms with Gasteiger partial charge < -0.3 is 14.2 Å². The van der Waals surface area contributed by atoms with Crippen molar-refractivity contribution in [2.75, 3.05) is 21.3 Å². The molecule has 1 aromatic rings. The van der Waals surface area contributed by atoms with Crippen LogP contribution >= 0.6 is 0 Å². The van der Waals surface area contributed by atoms with Gasteiger partial charge in [0.1, 0.15) is 5.75 Å². The molecule has 0 saturated heterocycles. The minimum atomic E-state index is -0.433. The van der Waals surface area contributed by atoms with Crippen molar-refractivity contribution in [3.63, 3.8) is 0 Å². The molecule has 0 radical (unpaired) electrons. The molecule has 0 aliphatic heterocycles. The van der Waals surface area contributed by atoms with E-state index in [9.17, 15) is 5.26 Å². The lowest BCUT2D eigenvalue weighted by atomic mass is 9.71. The number of nitriles is 1. The average Bonchev–Trinajstić information content (AvgIpc) is 2.86. The smallest absolute Gasteiger partial charge is 0.168 e. The standard InChI is InChI=1S/C23H29NO3/c1-14(2)19-20(25-4)16-9-10-18-15(8-7-11-23(18,3)13-24)12-17(16)21(26-5)22(19)27-6/h9-10,14H,7-8,11-12H2,1-6H3/t23-/m1/s1. The summed E-state index contributed by atoms with van der Waals surface area (Å²) in [6.45, 7) is 6.31. The first-order chi connectivity index (χ1) is 12.9. The van der Waals surface area contributed by atoms with Crippen LogP contribution in [0, 0.1) is 16.7 Å². The molecule has 0 bridgehead atoms. The van der Waals surface area contributed by atoms with E-state index in [0.29, 0.717) is 0 Å². The van der Waals surface area contributed by atoms with Gasteiger partial charge in [-0.15, -0.1) is 0 Å². The lowest BCUT2D eigenvalue weighted by Gasteiger charge is -2.31. The van der Waals surface area contributed by atoms with Gasteiger partial charge in [-0.25, -0.2) is 0 Å². The second kappa shape index (κ2) is 7.31. The Morgan fingerprint density at radius 2 is 1.70 bits per heavy atom. The molecule has 2 aliphatic carbocycles. The van der Waals surface area contributed by atoms with Crippen LogP contribution < -0.4 is 14.2 Å². The largest absolute Gasteiger partial charge is 0.496 e. The van der Waals surface area contributed by atoms with Crippen molar-refractivity contribution in [2.24, 2.45) is 5.41 Å². The third-order valence-electron chi connectivity index (χ3n) is 5.91. The van der Waals surface area contributed by atoms with Crippen LogP contribution in [0.2, 0.25) is 0 Å². The van der Waals surface area contributed by atoms with Crippen molar-refractivity contribution in [1.29, 1.82) is 5.26 Å². The molecule has 3 rings (SSSR count). The number of fused-ring (bicyclic) bond motifs is 1. The van der Waals surface area contributed by atoms with E-state index < -0.39 is 5.41 Å². The molecular weight excluding hydrogens is 338 g/mol. The van der Waals surface area contributed by atoms with E-state index in [4.69, 9.17) is 14.2 Å². The van der Waals surface area contributed by atoms with Gasteiger partial charge in [0.05, 0.1) is 32.8 Å². The highest BCUT2D eigenvalue weighted by atomic mass is 16.5. The van der Waals surface area contributed by atoms with Crippen LogP contribution in [0.15, 0.2) is 17.2 Å². The zero-order valence-corrected chi connectivity index (χ0v) is 17.2. The number of benzene rings is 1. The summed E-state index contributed by atoms with van der Waals surface area (Å²) in [4.78, 5) is 0. The molecule has 0 unspecified atom stereocenters. The summed E-state index contributed by atoms with van der Waals surface area (Å²) in [5.74, 6) is 2.59. The summed E-state index contributed by atoms with van der Waals surface area (Å²) in [5.41, 5.74) is 5.18. The Kier molecular flexibility index (Phi) is 5.24. The Bertz CT molecular complexity index is 858. The minimum Gasteiger partial charge on any atom is -0.496 e. The first-order valence-electron chi connectivity index (χ1n) is 9.58. The molecule has 0 spiro atoms. The van der Waals surface area contributed by atoms with Gasteiger partial charge in [0, 0.05) is 16.7 Å². The predicted octanol–water partition coefficient (Wildman–Crippen LogP) is 5.42. The molecule has 27 heavy (non-hydrogen) atoms. The van der Waals surface area contributed by atoms with Crippen molar-refractivity contribution in [2.45, 2.75) is 52.4 Å². The highest BCUT2D eigenvalue weighted by molar-refractivity contribution is 5.76. The maximum absolute atomic E-state index is 9.81. The number of methoxy groups -OCH3 is 3. The zero-order valence-electron chi connectivity index (χ0n) is 17.2. The number of rotatable bonds is 4. The highest BCUT2D eigenvalue weighted by Crippen LogP contribution is 2.51. The Morgan fingerprint density at radius 3 is 2.26 bits per heavy atom. The summed E-state index contributed by atoms with van der Waals surface area (Å²) < 4.78 is 17.5. The highest BCUT2D eigenvalue weighted by Gasteiger charge is 2.36. The van der Waals surface area contributed by atoms with Gasteiger partial charge in [0.25, 0.3) is 0 Å². The third-order valence-corrected chi connectivity index (χ3v) is 5.91. The number of hydrogen-bond acceptors (Lipinski definition) is 4. The molecule has 0 aromatic heterocycles. The lowest BCUT2D eigenvalue weighted by Crippen LogP contribution is -2.22. The van der Waals surface area contributed by atoms with E-state index in [2.05, 4.69) is 39.0 Å². The summed E-state index contributed by atoms with van der Waals surface area (Å²) in [6, 6.07) is 2.55. The van der Waals surface area contributed by atoms with Crippen LogP contribution in [-0.2, 0) is 6.42 Å². The topological polar surface area (TPSA) is 51.5 Å². The average molecular weight is 367 g/mol. The second-order valence-corrected chi connectivity index (χ2v) is 7.89. The Labute approximate surface area is 162 Å². The molecule has 1 atom stereocenters. The monoisotopic (exact) mass is 367 g/mol. The number of ether oxygens (including phenoxy) is 3. The quantitative estimate of drug-likeness (QED) is 0.713. The zero-order chi connectivity index (χ0) is 19.8. The first kappa shape index (κ1) is 19.4. The summed E-state index contributed by atoms with van der Waals surface area (Å²) in [6.07, 6.45) is 7.93. The summed E-state index contributed by atoms with van der Waals surface area (Å²) >= 11 is 0. The molecular formula is C23H29NO3. The van der Waals surface area contributed by atoms with Crippen molar-refractivity contribution in [1.82, 2.24) is 0 Å². The minimum absolute atomic E-state index is 0.220. The molecule has 0 heterocycles. The van der Waals surface area contributed by atoms with Crippen LogP contribution in [-0.4, -0.2) is 21.3 Å². The predicted molar refractivity (Wildman–Crippen MR) is 108 cm³/mol. The van der Waals surface area contributed by atoms with Crippen LogP contribution in [0.4, 0.5) is 0 Å². The van der Waals surface area contributed by atoms with Gasteiger partial charge in [-0.1, -0.05) is 31.6 Å². The van der Waals surface area contributed by atoms with Gasteiger partial charge >= 0.3 is 0 Å². The van der Waals surface area contributed by atoms with Crippen molar-refractivity contribution in [3.8, 4) is 23.3 Å². The fraction of sp³-hybridized carbons (Fsp3) is 0.522. The van der Waals surface area contributed by atoms with E-state index in [1.807, 2.05) is 0 Å². The van der Waals surface area contributed by atoms with Crippen LogP contribution in [0.3, 0.4) is 0 Å². The van der Waals surface area contributed by atoms with E-state index >= 15 is 0 Å². The van der Waals surface area contributed by atoms with Crippen LogP contribution in [0.1, 0.15) is 62.6 Å². The molecule has 0 amide bonds. The van der Waals surface area contributed by atoms with E-state index in [1.165, 1.54) is 5.57 Å². The Balaban J connectivity index is 2.32. The summed E-state index contributed by atoms with van der Waals surface area (Å²) in [7, 11) is 5.08. The molecule has 1 aromatic carbocycles. The molecule has 4 nitrogen and oxygen atoms in total. The molecule has 0 saturated carbocycles. The Hall–Kier alpha value is -2.41. The van der Waals surface area contributed by atoms with Gasteiger partial charge in [-0.05, 0) is 44.1 Å². The molecule has 0 fully saturated rings. The van der Waals surface area contributed by atoms with Crippen LogP contribution in [0.25, 0.3) is 6.08 Å². The molecule has 2 aliphatic rings. The lowest BCUT2D eigenvalue weighted by molar-refractivity contribution is 0.338. The first-order valence-corrected chi connectivity index (χ1v) is 9.58.